The Morgan fingerprint density at radius 2 is 1.71 bits per heavy atom. The molecule has 6 nitrogen and oxygen atoms in total. The highest BCUT2D eigenvalue weighted by Gasteiger charge is 2.28. The van der Waals surface area contributed by atoms with E-state index in [0.29, 0.717) is 5.69 Å². The fourth-order valence-electron chi connectivity index (χ4n) is 2.32. The molecule has 0 saturated carbocycles. The van der Waals surface area contributed by atoms with Gasteiger partial charge in [-0.1, -0.05) is 29.8 Å². The molecule has 0 atom stereocenters. The summed E-state index contributed by atoms with van der Waals surface area (Å²) in [6, 6.07) is 11.8. The molecule has 0 unspecified atom stereocenters. The highest BCUT2D eigenvalue weighted by molar-refractivity contribution is 7.92. The SMILES string of the molecule is Cc1ccc(S(=O)(=O)N(CC(=O)NN)c2cccc(C)c2C)cc1. The molecule has 7 heteroatoms. The van der Waals surface area contributed by atoms with Crippen LogP contribution in [0.4, 0.5) is 5.69 Å². The highest BCUT2D eigenvalue weighted by atomic mass is 32.2. The van der Waals surface area contributed by atoms with E-state index >= 15 is 0 Å². The molecule has 128 valence electrons. The molecule has 2 aromatic carbocycles. The number of rotatable bonds is 5. The van der Waals surface area contributed by atoms with Crippen molar-refractivity contribution in [3.8, 4) is 0 Å². The van der Waals surface area contributed by atoms with Crippen molar-refractivity contribution in [1.82, 2.24) is 5.43 Å². The van der Waals surface area contributed by atoms with Crippen LogP contribution < -0.4 is 15.6 Å². The van der Waals surface area contributed by atoms with E-state index in [0.717, 1.165) is 21.0 Å². The Morgan fingerprint density at radius 3 is 2.29 bits per heavy atom. The zero-order valence-electron chi connectivity index (χ0n) is 13.9. The first kappa shape index (κ1) is 18.0. The lowest BCUT2D eigenvalue weighted by atomic mass is 10.1. The van der Waals surface area contributed by atoms with Crippen molar-refractivity contribution in [2.24, 2.45) is 5.84 Å². The van der Waals surface area contributed by atoms with E-state index in [-0.39, 0.29) is 4.90 Å². The van der Waals surface area contributed by atoms with Crippen molar-refractivity contribution in [2.45, 2.75) is 25.7 Å². The normalized spacial score (nSPS) is 11.2. The second kappa shape index (κ2) is 7.02. The van der Waals surface area contributed by atoms with Crippen LogP contribution in [0.1, 0.15) is 16.7 Å². The van der Waals surface area contributed by atoms with Gasteiger partial charge >= 0.3 is 0 Å². The van der Waals surface area contributed by atoms with E-state index in [9.17, 15) is 13.2 Å². The largest absolute Gasteiger partial charge is 0.293 e. The lowest BCUT2D eigenvalue weighted by Crippen LogP contribution is -2.43. The third-order valence-electron chi connectivity index (χ3n) is 3.90. The molecular formula is C17H21N3O3S. The summed E-state index contributed by atoms with van der Waals surface area (Å²) in [6.07, 6.45) is 0. The Bertz CT molecular complexity index is 846. The number of nitrogens with zero attached hydrogens (tertiary/aromatic N) is 1. The number of benzene rings is 2. The Balaban J connectivity index is 2.59. The molecular weight excluding hydrogens is 326 g/mol. The fraction of sp³-hybridized carbons (Fsp3) is 0.235. The zero-order chi connectivity index (χ0) is 17.9. The van der Waals surface area contributed by atoms with Crippen LogP contribution in [0, 0.1) is 20.8 Å². The lowest BCUT2D eigenvalue weighted by molar-refractivity contribution is -0.119. The summed E-state index contributed by atoms with van der Waals surface area (Å²) in [5.41, 5.74) is 5.12. The Hall–Kier alpha value is -2.38. The van der Waals surface area contributed by atoms with E-state index in [1.54, 1.807) is 24.3 Å². The van der Waals surface area contributed by atoms with Crippen LogP contribution in [-0.4, -0.2) is 20.9 Å². The Kier molecular flexibility index (Phi) is 5.26. The maximum atomic E-state index is 13.1. The number of nitrogens with one attached hydrogen (secondary N) is 1. The summed E-state index contributed by atoms with van der Waals surface area (Å²) >= 11 is 0. The second-order valence-corrected chi connectivity index (χ2v) is 7.47. The van der Waals surface area contributed by atoms with Crippen LogP contribution in [0.3, 0.4) is 0 Å². The quantitative estimate of drug-likeness (QED) is 0.490. The van der Waals surface area contributed by atoms with Crippen LogP contribution in [0.2, 0.25) is 0 Å². The molecule has 0 fully saturated rings. The predicted octanol–water partition coefficient (Wildman–Crippen LogP) is 1.80. The molecule has 2 rings (SSSR count). The summed E-state index contributed by atoms with van der Waals surface area (Å²) in [6.45, 7) is 5.19. The van der Waals surface area contributed by atoms with Crippen molar-refractivity contribution in [3.63, 3.8) is 0 Å². The molecule has 0 aliphatic carbocycles. The summed E-state index contributed by atoms with van der Waals surface area (Å²) in [7, 11) is -3.90. The van der Waals surface area contributed by atoms with E-state index < -0.39 is 22.5 Å². The Morgan fingerprint density at radius 1 is 1.08 bits per heavy atom. The van der Waals surface area contributed by atoms with E-state index in [2.05, 4.69) is 0 Å². The number of amides is 1. The average Bonchev–Trinajstić information content (AvgIpc) is 2.55. The van der Waals surface area contributed by atoms with Crippen LogP contribution in [0.25, 0.3) is 0 Å². The molecule has 0 bridgehead atoms. The van der Waals surface area contributed by atoms with Crippen molar-refractivity contribution in [3.05, 3.63) is 59.2 Å². The third kappa shape index (κ3) is 3.58. The van der Waals surface area contributed by atoms with Gasteiger partial charge in [0.25, 0.3) is 15.9 Å². The Labute approximate surface area is 142 Å². The second-order valence-electron chi connectivity index (χ2n) is 5.61. The number of carbonyl (C=O) groups is 1. The number of aryl methyl sites for hydroxylation is 2. The molecule has 0 heterocycles. The number of carbonyl (C=O) groups excluding carboxylic acids is 1. The predicted molar refractivity (Wildman–Crippen MR) is 94.0 cm³/mol. The summed E-state index contributed by atoms with van der Waals surface area (Å²) in [4.78, 5) is 11.9. The standard InChI is InChI=1S/C17H21N3O3S/c1-12-7-9-15(10-8-12)24(22,23)20(11-17(21)19-18)16-6-4-5-13(2)14(16)3/h4-10H,11,18H2,1-3H3,(H,19,21). The van der Waals surface area contributed by atoms with Gasteiger partial charge in [-0.2, -0.15) is 0 Å². The number of anilines is 1. The minimum absolute atomic E-state index is 0.124. The van der Waals surface area contributed by atoms with E-state index in [1.807, 2.05) is 32.3 Å². The molecule has 24 heavy (non-hydrogen) atoms. The molecule has 3 N–H and O–H groups in total. The number of hydrogen-bond acceptors (Lipinski definition) is 4. The third-order valence-corrected chi connectivity index (χ3v) is 5.68. The number of hydrazine groups is 1. The van der Waals surface area contributed by atoms with Crippen molar-refractivity contribution >= 4 is 21.6 Å². The number of hydrogen-bond donors (Lipinski definition) is 2. The first-order valence-electron chi connectivity index (χ1n) is 7.42. The summed E-state index contributed by atoms with van der Waals surface area (Å²) in [5.74, 6) is 4.56. The number of nitrogens with two attached hydrogens (primary N) is 1. The van der Waals surface area contributed by atoms with Gasteiger partial charge in [-0.3, -0.25) is 14.5 Å². The summed E-state index contributed by atoms with van der Waals surface area (Å²) < 4.78 is 27.2. The van der Waals surface area contributed by atoms with Gasteiger partial charge in [0, 0.05) is 0 Å². The monoisotopic (exact) mass is 347 g/mol. The molecule has 0 radical (unpaired) electrons. The number of sulfonamides is 1. The molecule has 0 saturated heterocycles. The first-order valence-corrected chi connectivity index (χ1v) is 8.86. The van der Waals surface area contributed by atoms with Gasteiger partial charge in [0.05, 0.1) is 10.6 Å². The van der Waals surface area contributed by atoms with Gasteiger partial charge in [-0.15, -0.1) is 0 Å². The lowest BCUT2D eigenvalue weighted by Gasteiger charge is -2.26. The molecule has 0 aromatic heterocycles. The maximum absolute atomic E-state index is 13.1. The highest BCUT2D eigenvalue weighted by Crippen LogP contribution is 2.28. The first-order chi connectivity index (χ1) is 11.3. The minimum atomic E-state index is -3.90. The average molecular weight is 347 g/mol. The van der Waals surface area contributed by atoms with Gasteiger partial charge in [-0.25, -0.2) is 14.3 Å². The van der Waals surface area contributed by atoms with Crippen molar-refractivity contribution < 1.29 is 13.2 Å². The van der Waals surface area contributed by atoms with Crippen LogP contribution >= 0.6 is 0 Å². The van der Waals surface area contributed by atoms with Gasteiger partial charge in [0.15, 0.2) is 0 Å². The van der Waals surface area contributed by atoms with E-state index in [1.165, 1.54) is 12.1 Å². The van der Waals surface area contributed by atoms with E-state index in [4.69, 9.17) is 5.84 Å². The maximum Gasteiger partial charge on any atom is 0.264 e. The van der Waals surface area contributed by atoms with Crippen LogP contribution in [0.15, 0.2) is 47.4 Å². The smallest absolute Gasteiger partial charge is 0.264 e. The van der Waals surface area contributed by atoms with Crippen LogP contribution in [-0.2, 0) is 14.8 Å². The minimum Gasteiger partial charge on any atom is -0.293 e. The molecule has 0 aliphatic rings. The summed E-state index contributed by atoms with van der Waals surface area (Å²) in [5, 5.41) is 0. The molecule has 2 aromatic rings. The fourth-order valence-corrected chi connectivity index (χ4v) is 3.80. The topological polar surface area (TPSA) is 92.5 Å². The molecule has 0 spiro atoms. The molecule has 0 aliphatic heterocycles. The van der Waals surface area contributed by atoms with Gasteiger partial charge in [0.1, 0.15) is 6.54 Å². The van der Waals surface area contributed by atoms with Gasteiger partial charge in [0.2, 0.25) is 0 Å². The zero-order valence-corrected chi connectivity index (χ0v) is 14.7. The van der Waals surface area contributed by atoms with Crippen molar-refractivity contribution in [2.75, 3.05) is 10.8 Å². The van der Waals surface area contributed by atoms with Crippen molar-refractivity contribution in [1.29, 1.82) is 0 Å². The molecule has 1 amide bonds. The van der Waals surface area contributed by atoms with Gasteiger partial charge in [-0.05, 0) is 50.1 Å². The van der Waals surface area contributed by atoms with Gasteiger partial charge < -0.3 is 0 Å². The van der Waals surface area contributed by atoms with Crippen LogP contribution in [0.5, 0.6) is 0 Å².